The maximum absolute atomic E-state index is 6.39. The zero-order chi connectivity index (χ0) is 16.9. The quantitative estimate of drug-likeness (QED) is 0.387. The van der Waals surface area contributed by atoms with Gasteiger partial charge in [0.15, 0.2) is 23.5 Å². The molecule has 3 nitrogen and oxygen atoms in total. The smallest absolute Gasteiger partial charge is 0.424 e. The molecule has 0 fully saturated rings. The summed E-state index contributed by atoms with van der Waals surface area (Å²) >= 11 is 0. The SMILES string of the molecule is c1cc2c3c(c1)-c1cccc[n+]1C31c3c(cccc3-c3cccc[n+]31)O2. The van der Waals surface area contributed by atoms with Crippen LogP contribution in [0.15, 0.2) is 85.2 Å². The molecule has 3 heteroatoms. The van der Waals surface area contributed by atoms with Crippen LogP contribution in [-0.4, -0.2) is 0 Å². The third kappa shape index (κ3) is 1.15. The van der Waals surface area contributed by atoms with Crippen molar-refractivity contribution in [3.8, 4) is 34.0 Å². The third-order valence-corrected chi connectivity index (χ3v) is 5.94. The second-order valence-corrected chi connectivity index (χ2v) is 7.04. The van der Waals surface area contributed by atoms with Crippen LogP contribution >= 0.6 is 0 Å². The zero-order valence-electron chi connectivity index (χ0n) is 13.9. The molecular formula is C23H14N2O+2. The summed E-state index contributed by atoms with van der Waals surface area (Å²) in [7, 11) is 0. The predicted molar refractivity (Wildman–Crippen MR) is 95.8 cm³/mol. The van der Waals surface area contributed by atoms with Crippen LogP contribution in [0.25, 0.3) is 22.5 Å². The standard InChI is InChI=1S/C23H14N2O/c1-3-13-24-17(9-1)15-7-5-11-19-21(15)23(24)22-16(8-6-12-20(22)26-19)18-10-2-4-14-25(18)23/h1-14H/q+2. The van der Waals surface area contributed by atoms with Crippen molar-refractivity contribution in [2.24, 2.45) is 0 Å². The molecule has 120 valence electrons. The Balaban J connectivity index is 1.81. The average Bonchev–Trinajstić information content (AvgIpc) is 3.17. The Kier molecular flexibility index (Phi) is 1.99. The highest BCUT2D eigenvalue weighted by atomic mass is 16.5. The average molecular weight is 334 g/mol. The van der Waals surface area contributed by atoms with Crippen molar-refractivity contribution < 1.29 is 13.9 Å². The van der Waals surface area contributed by atoms with Gasteiger partial charge in [-0.25, -0.2) is 0 Å². The van der Waals surface area contributed by atoms with Gasteiger partial charge in [-0.15, -0.1) is 9.13 Å². The lowest BCUT2D eigenvalue weighted by atomic mass is 9.86. The molecule has 0 unspecified atom stereocenters. The maximum atomic E-state index is 6.39. The van der Waals surface area contributed by atoms with Gasteiger partial charge in [0, 0.05) is 24.3 Å². The third-order valence-electron chi connectivity index (χ3n) is 5.94. The van der Waals surface area contributed by atoms with Crippen molar-refractivity contribution in [1.82, 2.24) is 0 Å². The number of fused-ring (bicyclic) bond motifs is 4. The summed E-state index contributed by atoms with van der Waals surface area (Å²) in [6, 6.07) is 25.6. The van der Waals surface area contributed by atoms with Crippen LogP contribution in [0.4, 0.5) is 0 Å². The molecule has 5 heterocycles. The molecule has 2 aromatic heterocycles. The lowest BCUT2D eigenvalue weighted by Crippen LogP contribution is -2.71. The molecule has 0 amide bonds. The maximum Gasteiger partial charge on any atom is 0.424 e. The Bertz CT molecular complexity index is 1180. The van der Waals surface area contributed by atoms with Crippen LogP contribution in [-0.2, 0) is 5.66 Å². The first kappa shape index (κ1) is 12.8. The van der Waals surface area contributed by atoms with Crippen molar-refractivity contribution >= 4 is 0 Å². The first-order valence-corrected chi connectivity index (χ1v) is 8.88. The van der Waals surface area contributed by atoms with Gasteiger partial charge in [-0.2, -0.15) is 0 Å². The Labute approximate surface area is 150 Å². The van der Waals surface area contributed by atoms with Gasteiger partial charge in [-0.3, -0.25) is 0 Å². The Hall–Kier alpha value is -3.46. The van der Waals surface area contributed by atoms with E-state index in [1.54, 1.807) is 0 Å². The lowest BCUT2D eigenvalue weighted by molar-refractivity contribution is -0.955. The minimum absolute atomic E-state index is 0.413. The van der Waals surface area contributed by atoms with Gasteiger partial charge in [-0.1, -0.05) is 12.1 Å². The molecule has 0 bridgehead atoms. The van der Waals surface area contributed by atoms with Gasteiger partial charge in [0.1, 0.15) is 11.5 Å². The van der Waals surface area contributed by atoms with E-state index in [-0.39, 0.29) is 0 Å². The number of aromatic nitrogens is 2. The van der Waals surface area contributed by atoms with E-state index in [1.165, 1.54) is 33.6 Å². The highest BCUT2D eigenvalue weighted by Gasteiger charge is 2.70. The van der Waals surface area contributed by atoms with E-state index in [4.69, 9.17) is 4.74 Å². The van der Waals surface area contributed by atoms with Crippen LogP contribution in [0.3, 0.4) is 0 Å². The van der Waals surface area contributed by atoms with E-state index in [9.17, 15) is 0 Å². The number of hydrogen-bond acceptors (Lipinski definition) is 1. The Morgan fingerprint density at radius 1 is 0.577 bits per heavy atom. The first-order valence-electron chi connectivity index (χ1n) is 8.88. The van der Waals surface area contributed by atoms with Crippen molar-refractivity contribution in [2.75, 3.05) is 0 Å². The van der Waals surface area contributed by atoms with E-state index in [0.29, 0.717) is 0 Å². The molecule has 1 spiro atoms. The summed E-state index contributed by atoms with van der Waals surface area (Å²) in [5, 5.41) is 0. The van der Waals surface area contributed by atoms with Gasteiger partial charge in [-0.05, 0) is 36.4 Å². The molecule has 4 aromatic rings. The summed E-state index contributed by atoms with van der Waals surface area (Å²) in [5.74, 6) is 1.89. The number of ether oxygens (including phenoxy) is 1. The van der Waals surface area contributed by atoms with E-state index in [1.807, 2.05) is 0 Å². The van der Waals surface area contributed by atoms with Gasteiger partial charge in [0.05, 0.1) is 11.1 Å². The molecule has 2 aromatic carbocycles. The van der Waals surface area contributed by atoms with Crippen LogP contribution in [0.1, 0.15) is 11.1 Å². The van der Waals surface area contributed by atoms with Crippen molar-refractivity contribution in [2.45, 2.75) is 5.66 Å². The van der Waals surface area contributed by atoms with Crippen molar-refractivity contribution in [3.05, 3.63) is 96.3 Å². The van der Waals surface area contributed by atoms with Crippen LogP contribution in [0, 0.1) is 0 Å². The highest BCUT2D eigenvalue weighted by molar-refractivity contribution is 5.79. The van der Waals surface area contributed by atoms with Crippen molar-refractivity contribution in [1.29, 1.82) is 0 Å². The summed E-state index contributed by atoms with van der Waals surface area (Å²) in [5.41, 5.74) is 6.99. The van der Waals surface area contributed by atoms with Crippen LogP contribution in [0.2, 0.25) is 0 Å². The molecule has 3 aliphatic rings. The fraction of sp³-hybridized carbons (Fsp3) is 0.0435. The second kappa shape index (κ2) is 4.02. The second-order valence-electron chi connectivity index (χ2n) is 7.04. The zero-order valence-corrected chi connectivity index (χ0v) is 13.9. The normalized spacial score (nSPS) is 15.5. The van der Waals surface area contributed by atoms with Gasteiger partial charge in [0.2, 0.25) is 11.4 Å². The number of benzene rings is 2. The lowest BCUT2D eigenvalue weighted by Gasteiger charge is -2.25. The van der Waals surface area contributed by atoms with Gasteiger partial charge >= 0.3 is 5.66 Å². The summed E-state index contributed by atoms with van der Waals surface area (Å²) < 4.78 is 11.2. The van der Waals surface area contributed by atoms with Crippen molar-refractivity contribution in [3.63, 3.8) is 0 Å². The number of hydrogen-bond donors (Lipinski definition) is 0. The molecule has 0 radical (unpaired) electrons. The molecule has 3 aliphatic heterocycles. The summed E-state index contributed by atoms with van der Waals surface area (Å²) in [6.07, 6.45) is 4.39. The first-order chi connectivity index (χ1) is 12.9. The molecule has 7 rings (SSSR count). The fourth-order valence-electron chi connectivity index (χ4n) is 5.11. The summed E-state index contributed by atoms with van der Waals surface area (Å²) in [4.78, 5) is 0. The molecule has 0 aliphatic carbocycles. The molecule has 0 atom stereocenters. The highest BCUT2D eigenvalue weighted by Crippen LogP contribution is 2.56. The monoisotopic (exact) mass is 334 g/mol. The van der Waals surface area contributed by atoms with Crippen LogP contribution in [0.5, 0.6) is 11.5 Å². The van der Waals surface area contributed by atoms with E-state index < -0.39 is 5.66 Å². The van der Waals surface area contributed by atoms with Crippen LogP contribution < -0.4 is 13.9 Å². The van der Waals surface area contributed by atoms with Gasteiger partial charge in [0.25, 0.3) is 0 Å². The fourth-order valence-corrected chi connectivity index (χ4v) is 5.11. The number of rotatable bonds is 0. The Morgan fingerprint density at radius 3 is 1.65 bits per heavy atom. The molecule has 0 saturated heterocycles. The minimum Gasteiger partial charge on any atom is -0.456 e. The minimum atomic E-state index is -0.413. The van der Waals surface area contributed by atoms with E-state index in [2.05, 4.69) is 94.3 Å². The molecule has 0 N–H and O–H groups in total. The molecule has 0 saturated carbocycles. The van der Waals surface area contributed by atoms with E-state index in [0.717, 1.165) is 11.5 Å². The molecular weight excluding hydrogens is 320 g/mol. The largest absolute Gasteiger partial charge is 0.456 e. The molecule has 26 heavy (non-hydrogen) atoms. The predicted octanol–water partition coefficient (Wildman–Crippen LogP) is 3.63. The number of nitrogens with zero attached hydrogens (tertiary/aromatic N) is 2. The topological polar surface area (TPSA) is 17.0 Å². The van der Waals surface area contributed by atoms with Gasteiger partial charge < -0.3 is 4.74 Å². The van der Waals surface area contributed by atoms with E-state index >= 15 is 0 Å². The number of pyridine rings is 2. The summed E-state index contributed by atoms with van der Waals surface area (Å²) in [6.45, 7) is 0. The Morgan fingerprint density at radius 2 is 1.12 bits per heavy atom.